The number of amides is 4. The third-order valence-electron chi connectivity index (χ3n) is 5.90. The first-order chi connectivity index (χ1) is 12.9. The van der Waals surface area contributed by atoms with E-state index in [9.17, 15) is 14.4 Å². The summed E-state index contributed by atoms with van der Waals surface area (Å²) in [7, 11) is 1.69. The number of aryl methyl sites for hydroxylation is 1. The molecule has 1 saturated carbocycles. The minimum absolute atomic E-state index is 0.0214. The summed E-state index contributed by atoms with van der Waals surface area (Å²) in [4.78, 5) is 40.6. The molecule has 1 unspecified atom stereocenters. The largest absolute Gasteiger partial charge is 0.352 e. The predicted molar refractivity (Wildman–Crippen MR) is 103 cm³/mol. The fraction of sp³-hybridized carbons (Fsp3) is 0.571. The smallest absolute Gasteiger partial charge is 0.327 e. The molecule has 1 N–H and O–H groups in total. The summed E-state index contributed by atoms with van der Waals surface area (Å²) < 4.78 is 0. The lowest BCUT2D eigenvalue weighted by Gasteiger charge is -2.35. The maximum atomic E-state index is 12.9. The van der Waals surface area contributed by atoms with E-state index in [-0.39, 0.29) is 30.4 Å². The third kappa shape index (κ3) is 3.99. The molecule has 6 heteroatoms. The molecule has 1 saturated heterocycles. The Balaban J connectivity index is 1.54. The van der Waals surface area contributed by atoms with Gasteiger partial charge < -0.3 is 10.2 Å². The van der Waals surface area contributed by atoms with Crippen molar-refractivity contribution in [1.82, 2.24) is 15.1 Å². The average molecular weight is 371 g/mol. The van der Waals surface area contributed by atoms with Gasteiger partial charge in [-0.1, -0.05) is 49.6 Å². The van der Waals surface area contributed by atoms with Crippen molar-refractivity contribution in [2.75, 3.05) is 13.6 Å². The van der Waals surface area contributed by atoms with Crippen molar-refractivity contribution >= 4 is 17.8 Å². The number of nitrogens with zero attached hydrogens (tertiary/aromatic N) is 2. The van der Waals surface area contributed by atoms with Crippen molar-refractivity contribution in [2.24, 2.45) is 0 Å². The predicted octanol–water partition coefficient (Wildman–Crippen LogP) is 2.72. The van der Waals surface area contributed by atoms with Gasteiger partial charge in [0.1, 0.15) is 12.1 Å². The molecule has 1 atom stereocenters. The van der Waals surface area contributed by atoms with E-state index >= 15 is 0 Å². The second-order valence-corrected chi connectivity index (χ2v) is 7.82. The molecule has 0 aromatic heterocycles. The number of carbonyl (C=O) groups is 3. The Morgan fingerprint density at radius 2 is 1.81 bits per heavy atom. The van der Waals surface area contributed by atoms with E-state index in [4.69, 9.17) is 0 Å². The highest BCUT2D eigenvalue weighted by molar-refractivity contribution is 6.08. The van der Waals surface area contributed by atoms with Gasteiger partial charge >= 0.3 is 6.03 Å². The lowest BCUT2D eigenvalue weighted by atomic mass is 9.81. The molecule has 1 aliphatic heterocycles. The number of nitrogens with one attached hydrogen (secondary N) is 1. The van der Waals surface area contributed by atoms with Gasteiger partial charge in [-0.05, 0) is 38.2 Å². The lowest BCUT2D eigenvalue weighted by Crippen LogP contribution is -2.49. The highest BCUT2D eigenvalue weighted by atomic mass is 16.2. The molecule has 6 nitrogen and oxygen atoms in total. The van der Waals surface area contributed by atoms with Crippen LogP contribution in [-0.4, -0.2) is 52.8 Å². The van der Waals surface area contributed by atoms with Gasteiger partial charge in [0, 0.05) is 13.1 Å². The van der Waals surface area contributed by atoms with E-state index in [1.807, 2.05) is 25.1 Å². The number of benzene rings is 1. The van der Waals surface area contributed by atoms with Crippen LogP contribution >= 0.6 is 0 Å². The van der Waals surface area contributed by atoms with Gasteiger partial charge in [0.05, 0.1) is 0 Å². The van der Waals surface area contributed by atoms with Gasteiger partial charge in [-0.15, -0.1) is 0 Å². The lowest BCUT2D eigenvalue weighted by molar-refractivity contribution is -0.137. The van der Waals surface area contributed by atoms with Gasteiger partial charge in [-0.2, -0.15) is 0 Å². The fourth-order valence-corrected chi connectivity index (χ4v) is 4.24. The fourth-order valence-electron chi connectivity index (χ4n) is 4.24. The molecule has 2 aliphatic rings. The van der Waals surface area contributed by atoms with E-state index in [0.29, 0.717) is 12.8 Å². The molecule has 1 aliphatic carbocycles. The highest BCUT2D eigenvalue weighted by Crippen LogP contribution is 2.39. The average Bonchev–Trinajstić information content (AvgIpc) is 2.84. The zero-order chi connectivity index (χ0) is 19.4. The van der Waals surface area contributed by atoms with Crippen molar-refractivity contribution < 1.29 is 14.4 Å². The molecule has 1 aromatic carbocycles. The van der Waals surface area contributed by atoms with E-state index in [1.165, 1.54) is 5.56 Å². The van der Waals surface area contributed by atoms with E-state index in [0.717, 1.165) is 37.0 Å². The Labute approximate surface area is 160 Å². The second kappa shape index (κ2) is 8.11. The summed E-state index contributed by atoms with van der Waals surface area (Å²) >= 11 is 0. The third-order valence-corrected chi connectivity index (χ3v) is 5.90. The number of carbonyl (C=O) groups excluding carboxylic acids is 3. The Kier molecular flexibility index (Phi) is 5.82. The number of hydrogen-bond donors (Lipinski definition) is 1. The Bertz CT molecular complexity index is 698. The summed E-state index contributed by atoms with van der Waals surface area (Å²) in [5.74, 6) is -0.486. The number of rotatable bonds is 6. The van der Waals surface area contributed by atoms with Crippen molar-refractivity contribution in [3.63, 3.8) is 0 Å². The molecule has 0 radical (unpaired) electrons. The first-order valence-electron chi connectivity index (χ1n) is 9.87. The monoisotopic (exact) mass is 371 g/mol. The topological polar surface area (TPSA) is 69.7 Å². The molecule has 146 valence electrons. The number of likely N-dealkylation sites (N-methyl/N-ethyl adjacent to an activating group) is 1. The van der Waals surface area contributed by atoms with Gasteiger partial charge in [0.15, 0.2) is 0 Å². The number of hydrogen-bond acceptors (Lipinski definition) is 3. The van der Waals surface area contributed by atoms with Crippen molar-refractivity contribution in [2.45, 2.75) is 63.5 Å². The van der Waals surface area contributed by atoms with E-state index in [1.54, 1.807) is 11.9 Å². The number of urea groups is 1. The normalized spacial score (nSPS) is 20.2. The zero-order valence-corrected chi connectivity index (χ0v) is 16.2. The summed E-state index contributed by atoms with van der Waals surface area (Å²) in [6, 6.07) is 9.74. The van der Waals surface area contributed by atoms with Crippen LogP contribution in [0.2, 0.25) is 0 Å². The maximum absolute atomic E-state index is 12.9. The van der Waals surface area contributed by atoms with Crippen LogP contribution in [-0.2, 0) is 16.0 Å². The summed E-state index contributed by atoms with van der Waals surface area (Å²) in [6.07, 6.45) is 6.05. The molecule has 1 spiro atoms. The summed E-state index contributed by atoms with van der Waals surface area (Å²) in [5, 5.41) is 2.92. The standard InChI is InChI=1S/C21H29N3O3/c1-16(11-12-17-9-5-3-6-10-17)22-18(25)15-24-19(26)21(23(2)20(24)27)13-7-4-8-14-21/h3,5-6,9-10,16H,4,7-8,11-15H2,1-2H3,(H,22,25). The molecular weight excluding hydrogens is 342 g/mol. The summed E-state index contributed by atoms with van der Waals surface area (Å²) in [6.45, 7) is 1.75. The van der Waals surface area contributed by atoms with Crippen LogP contribution in [0.4, 0.5) is 4.79 Å². The maximum Gasteiger partial charge on any atom is 0.327 e. The van der Waals surface area contributed by atoms with Gasteiger partial charge in [0.25, 0.3) is 5.91 Å². The van der Waals surface area contributed by atoms with Crippen molar-refractivity contribution in [1.29, 1.82) is 0 Å². The van der Waals surface area contributed by atoms with Crippen LogP contribution in [0.25, 0.3) is 0 Å². The molecule has 0 bridgehead atoms. The first kappa shape index (κ1) is 19.4. The minimum atomic E-state index is -0.728. The Morgan fingerprint density at radius 3 is 2.48 bits per heavy atom. The van der Waals surface area contributed by atoms with Gasteiger partial charge in [0.2, 0.25) is 5.91 Å². The van der Waals surface area contributed by atoms with Gasteiger partial charge in [-0.3, -0.25) is 14.5 Å². The van der Waals surface area contributed by atoms with Crippen LogP contribution in [0.5, 0.6) is 0 Å². The Hall–Kier alpha value is -2.37. The van der Waals surface area contributed by atoms with Crippen LogP contribution in [0.1, 0.15) is 51.0 Å². The molecular formula is C21H29N3O3. The van der Waals surface area contributed by atoms with Crippen LogP contribution in [0, 0.1) is 0 Å². The van der Waals surface area contributed by atoms with Crippen LogP contribution < -0.4 is 5.32 Å². The van der Waals surface area contributed by atoms with Gasteiger partial charge in [-0.25, -0.2) is 4.79 Å². The number of imide groups is 1. The molecule has 1 heterocycles. The summed E-state index contributed by atoms with van der Waals surface area (Å²) in [5.41, 5.74) is 0.499. The quantitative estimate of drug-likeness (QED) is 0.782. The van der Waals surface area contributed by atoms with Crippen LogP contribution in [0.3, 0.4) is 0 Å². The van der Waals surface area contributed by atoms with Crippen LogP contribution in [0.15, 0.2) is 30.3 Å². The SMILES string of the molecule is CC(CCc1ccccc1)NC(=O)CN1C(=O)N(C)C2(CCCCC2)C1=O. The molecule has 4 amide bonds. The Morgan fingerprint density at radius 1 is 1.15 bits per heavy atom. The van der Waals surface area contributed by atoms with E-state index < -0.39 is 5.54 Å². The zero-order valence-electron chi connectivity index (χ0n) is 16.2. The first-order valence-corrected chi connectivity index (χ1v) is 9.87. The molecule has 2 fully saturated rings. The molecule has 3 rings (SSSR count). The molecule has 27 heavy (non-hydrogen) atoms. The van der Waals surface area contributed by atoms with E-state index in [2.05, 4.69) is 17.4 Å². The highest BCUT2D eigenvalue weighted by Gasteiger charge is 2.55. The molecule has 1 aromatic rings. The minimum Gasteiger partial charge on any atom is -0.352 e. The van der Waals surface area contributed by atoms with Crippen molar-refractivity contribution in [3.8, 4) is 0 Å². The second-order valence-electron chi connectivity index (χ2n) is 7.82. The van der Waals surface area contributed by atoms with Crippen molar-refractivity contribution in [3.05, 3.63) is 35.9 Å².